The monoisotopic (exact) mass is 446 g/mol. The van der Waals surface area contributed by atoms with E-state index in [9.17, 15) is 9.59 Å². The molecule has 6 heteroatoms. The lowest BCUT2D eigenvalue weighted by Crippen LogP contribution is -2.51. The lowest BCUT2D eigenvalue weighted by atomic mass is 10.0. The van der Waals surface area contributed by atoms with Crippen LogP contribution < -0.4 is 16.4 Å². The SMILES string of the molecule is CC(C)N[C@H](CCc1ccccc1)C(=O)N[C@@H](C)C(=O)CCc1ccc2c(N)nccc2c1. The summed E-state index contributed by atoms with van der Waals surface area (Å²) in [5.41, 5.74) is 8.16. The number of nitrogens with one attached hydrogen (secondary N) is 2. The van der Waals surface area contributed by atoms with Crippen LogP contribution in [0.5, 0.6) is 0 Å². The molecule has 0 bridgehead atoms. The van der Waals surface area contributed by atoms with Crippen LogP contribution in [0, 0.1) is 0 Å². The molecule has 3 aromatic rings. The van der Waals surface area contributed by atoms with Crippen LogP contribution in [0.2, 0.25) is 0 Å². The van der Waals surface area contributed by atoms with E-state index in [1.54, 1.807) is 13.1 Å². The molecule has 174 valence electrons. The molecule has 1 amide bonds. The highest BCUT2D eigenvalue weighted by Crippen LogP contribution is 2.20. The van der Waals surface area contributed by atoms with Gasteiger partial charge in [-0.3, -0.25) is 9.59 Å². The maximum atomic E-state index is 12.9. The van der Waals surface area contributed by atoms with Crippen LogP contribution in [0.3, 0.4) is 0 Å². The molecule has 0 aliphatic carbocycles. The fourth-order valence-corrected chi connectivity index (χ4v) is 3.93. The maximum absolute atomic E-state index is 12.9. The fraction of sp³-hybridized carbons (Fsp3) is 0.370. The molecule has 2 aromatic carbocycles. The zero-order valence-electron chi connectivity index (χ0n) is 19.7. The summed E-state index contributed by atoms with van der Waals surface area (Å²) in [4.78, 5) is 29.8. The minimum Gasteiger partial charge on any atom is -0.383 e. The van der Waals surface area contributed by atoms with Crippen LogP contribution in [0.25, 0.3) is 10.8 Å². The van der Waals surface area contributed by atoms with Crippen molar-refractivity contribution >= 4 is 28.3 Å². The molecule has 3 rings (SSSR count). The average molecular weight is 447 g/mol. The van der Waals surface area contributed by atoms with Crippen LogP contribution in [-0.2, 0) is 22.4 Å². The number of hydrogen-bond acceptors (Lipinski definition) is 5. The van der Waals surface area contributed by atoms with E-state index >= 15 is 0 Å². The van der Waals surface area contributed by atoms with Gasteiger partial charge in [0.15, 0.2) is 5.78 Å². The molecule has 0 radical (unpaired) electrons. The Balaban J connectivity index is 1.54. The topological polar surface area (TPSA) is 97.1 Å². The van der Waals surface area contributed by atoms with Gasteiger partial charge in [-0.2, -0.15) is 0 Å². The van der Waals surface area contributed by atoms with Crippen LogP contribution >= 0.6 is 0 Å². The first-order valence-electron chi connectivity index (χ1n) is 11.6. The Morgan fingerprint density at radius 3 is 2.45 bits per heavy atom. The van der Waals surface area contributed by atoms with Crippen molar-refractivity contribution in [3.05, 3.63) is 71.9 Å². The summed E-state index contributed by atoms with van der Waals surface area (Å²) in [5, 5.41) is 8.17. The highest BCUT2D eigenvalue weighted by atomic mass is 16.2. The number of pyridine rings is 1. The number of anilines is 1. The summed E-state index contributed by atoms with van der Waals surface area (Å²) in [6, 6.07) is 17.3. The molecular formula is C27H34N4O2. The van der Waals surface area contributed by atoms with Gasteiger partial charge in [0.1, 0.15) is 5.82 Å². The summed E-state index contributed by atoms with van der Waals surface area (Å²) >= 11 is 0. The lowest BCUT2D eigenvalue weighted by molar-refractivity contribution is -0.128. The van der Waals surface area contributed by atoms with Gasteiger partial charge in [-0.05, 0) is 48.8 Å². The minimum absolute atomic E-state index is 0.0176. The van der Waals surface area contributed by atoms with E-state index in [4.69, 9.17) is 5.73 Å². The van der Waals surface area contributed by atoms with Crippen LogP contribution in [0.4, 0.5) is 5.82 Å². The highest BCUT2D eigenvalue weighted by molar-refractivity contribution is 5.92. The normalized spacial score (nSPS) is 13.1. The number of carbonyl (C=O) groups excluding carboxylic acids is 2. The molecule has 2 atom stereocenters. The Hall–Kier alpha value is -3.25. The fourth-order valence-electron chi connectivity index (χ4n) is 3.93. The number of benzene rings is 2. The van der Waals surface area contributed by atoms with E-state index in [1.165, 1.54) is 5.56 Å². The molecule has 0 saturated carbocycles. The summed E-state index contributed by atoms with van der Waals surface area (Å²) < 4.78 is 0. The number of carbonyl (C=O) groups is 2. The smallest absolute Gasteiger partial charge is 0.237 e. The molecule has 33 heavy (non-hydrogen) atoms. The molecule has 0 unspecified atom stereocenters. The number of fused-ring (bicyclic) bond motifs is 1. The molecule has 1 heterocycles. The van der Waals surface area contributed by atoms with Crippen LogP contribution in [0.15, 0.2) is 60.8 Å². The zero-order chi connectivity index (χ0) is 23.8. The van der Waals surface area contributed by atoms with E-state index in [0.29, 0.717) is 25.1 Å². The number of aryl methyl sites for hydroxylation is 2. The van der Waals surface area contributed by atoms with Crippen molar-refractivity contribution in [2.75, 3.05) is 5.73 Å². The Labute approximate surface area is 196 Å². The van der Waals surface area contributed by atoms with E-state index in [0.717, 1.165) is 22.8 Å². The zero-order valence-corrected chi connectivity index (χ0v) is 19.7. The number of nitrogens with zero attached hydrogens (tertiary/aromatic N) is 1. The first kappa shape index (κ1) is 24.4. The van der Waals surface area contributed by atoms with Gasteiger partial charge >= 0.3 is 0 Å². The van der Waals surface area contributed by atoms with Gasteiger partial charge in [-0.25, -0.2) is 4.98 Å². The highest BCUT2D eigenvalue weighted by Gasteiger charge is 2.23. The first-order valence-corrected chi connectivity index (χ1v) is 11.6. The molecule has 0 fully saturated rings. The standard InChI is InChI=1S/C27H34N4O2/c1-18(2)30-24(13-10-20-7-5-4-6-8-20)27(33)31-19(3)25(32)14-11-21-9-12-23-22(17-21)15-16-29-26(23)28/h4-9,12,15-19,24,30H,10-11,13-14H2,1-3H3,(H2,28,29)(H,31,33)/t19-,24+/m0/s1. The Morgan fingerprint density at radius 2 is 1.73 bits per heavy atom. The largest absolute Gasteiger partial charge is 0.383 e. The summed E-state index contributed by atoms with van der Waals surface area (Å²) in [7, 11) is 0. The van der Waals surface area contributed by atoms with Crippen molar-refractivity contribution in [2.24, 2.45) is 0 Å². The van der Waals surface area contributed by atoms with Crippen molar-refractivity contribution in [1.82, 2.24) is 15.6 Å². The Kier molecular flexibility index (Phi) is 8.55. The third-order valence-corrected chi connectivity index (χ3v) is 5.78. The van der Waals surface area contributed by atoms with E-state index in [-0.39, 0.29) is 23.8 Å². The van der Waals surface area contributed by atoms with Gasteiger partial charge in [0.25, 0.3) is 0 Å². The van der Waals surface area contributed by atoms with Gasteiger partial charge < -0.3 is 16.4 Å². The minimum atomic E-state index is -0.536. The number of rotatable bonds is 11. The van der Waals surface area contributed by atoms with Crippen molar-refractivity contribution < 1.29 is 9.59 Å². The molecule has 4 N–H and O–H groups in total. The van der Waals surface area contributed by atoms with E-state index < -0.39 is 6.04 Å². The predicted molar refractivity (Wildman–Crippen MR) is 134 cm³/mol. The number of aromatic nitrogens is 1. The van der Waals surface area contributed by atoms with Crippen LogP contribution in [-0.4, -0.2) is 34.8 Å². The molecule has 0 aliphatic heterocycles. The number of nitrogens with two attached hydrogens (primary N) is 1. The number of ketones is 1. The average Bonchev–Trinajstić information content (AvgIpc) is 2.80. The van der Waals surface area contributed by atoms with Crippen molar-refractivity contribution in [3.8, 4) is 0 Å². The van der Waals surface area contributed by atoms with Crippen molar-refractivity contribution in [3.63, 3.8) is 0 Å². The Bertz CT molecular complexity index is 1080. The van der Waals surface area contributed by atoms with Crippen molar-refractivity contribution in [2.45, 2.75) is 64.6 Å². The lowest BCUT2D eigenvalue weighted by Gasteiger charge is -2.23. The van der Waals surface area contributed by atoms with Gasteiger partial charge in [-0.1, -0.05) is 62.4 Å². The van der Waals surface area contributed by atoms with Gasteiger partial charge in [-0.15, -0.1) is 0 Å². The number of hydrogen-bond donors (Lipinski definition) is 3. The van der Waals surface area contributed by atoms with Crippen LogP contribution in [0.1, 0.15) is 44.7 Å². The second-order valence-electron chi connectivity index (χ2n) is 8.85. The molecule has 1 aromatic heterocycles. The third kappa shape index (κ3) is 7.12. The van der Waals surface area contributed by atoms with E-state index in [2.05, 4.69) is 27.8 Å². The molecule has 6 nitrogen and oxygen atoms in total. The second kappa shape index (κ2) is 11.6. The maximum Gasteiger partial charge on any atom is 0.237 e. The van der Waals surface area contributed by atoms with Gasteiger partial charge in [0, 0.05) is 24.0 Å². The van der Waals surface area contributed by atoms with Gasteiger partial charge in [0.05, 0.1) is 12.1 Å². The predicted octanol–water partition coefficient (Wildman–Crippen LogP) is 3.82. The third-order valence-electron chi connectivity index (χ3n) is 5.78. The number of amides is 1. The second-order valence-corrected chi connectivity index (χ2v) is 8.85. The molecular weight excluding hydrogens is 412 g/mol. The number of Topliss-reactive ketones (excluding diaryl/α,β-unsaturated/α-hetero) is 1. The quantitative estimate of drug-likeness (QED) is 0.416. The summed E-state index contributed by atoms with van der Waals surface area (Å²) in [5.74, 6) is 0.390. The number of nitrogen functional groups attached to an aromatic ring is 1. The van der Waals surface area contributed by atoms with Gasteiger partial charge in [0.2, 0.25) is 5.91 Å². The Morgan fingerprint density at radius 1 is 0.970 bits per heavy atom. The molecule has 0 aliphatic rings. The molecule has 0 spiro atoms. The molecule has 0 saturated heterocycles. The first-order chi connectivity index (χ1) is 15.8. The summed E-state index contributed by atoms with van der Waals surface area (Å²) in [6.07, 6.45) is 4.12. The van der Waals surface area contributed by atoms with Crippen molar-refractivity contribution in [1.29, 1.82) is 0 Å². The van der Waals surface area contributed by atoms with E-state index in [1.807, 2.05) is 56.3 Å². The summed E-state index contributed by atoms with van der Waals surface area (Å²) in [6.45, 7) is 5.80.